The van der Waals surface area contributed by atoms with E-state index in [-0.39, 0.29) is 0 Å². The van der Waals surface area contributed by atoms with E-state index < -0.39 is 10.8 Å². The average molecular weight is 161 g/mol. The minimum atomic E-state index is -0.738. The van der Waals surface area contributed by atoms with Crippen LogP contribution in [-0.2, 0) is 4.79 Å². The predicted octanol–water partition coefficient (Wildman–Crippen LogP) is 0.514. The highest BCUT2D eigenvalue weighted by Gasteiger charge is 2.40. The minimum absolute atomic E-state index is 0.681. The van der Waals surface area contributed by atoms with Crippen molar-refractivity contribution < 1.29 is 9.90 Å². The van der Waals surface area contributed by atoms with Crippen LogP contribution in [0.3, 0.4) is 0 Å². The smallest absolute Gasteiger partial charge is 0.334 e. The first kappa shape index (κ1) is 7.88. The lowest BCUT2D eigenvalue weighted by Gasteiger charge is -2.20. The highest BCUT2D eigenvalue weighted by molar-refractivity contribution is 8.00. The van der Waals surface area contributed by atoms with Crippen molar-refractivity contribution in [3.63, 3.8) is 0 Å². The van der Waals surface area contributed by atoms with Gasteiger partial charge in [-0.05, 0) is 25.6 Å². The summed E-state index contributed by atoms with van der Waals surface area (Å²) in [6, 6.07) is 0. The second-order valence-corrected chi connectivity index (χ2v) is 3.47. The third kappa shape index (κ3) is 1.13. The maximum Gasteiger partial charge on any atom is 0.334 e. The first-order valence-corrected chi connectivity index (χ1v) is 4.47. The third-order valence-corrected chi connectivity index (χ3v) is 3.03. The molecule has 1 rings (SSSR count). The minimum Gasteiger partial charge on any atom is -0.479 e. The molecule has 1 aliphatic rings. The molecule has 0 saturated carbocycles. The number of rotatable bonds is 2. The Hall–Kier alpha value is -0.220. The van der Waals surface area contributed by atoms with E-state index in [2.05, 4.69) is 5.32 Å². The molecule has 0 aromatic heterocycles. The summed E-state index contributed by atoms with van der Waals surface area (Å²) in [5.41, 5.74) is 0. The quantitative estimate of drug-likeness (QED) is 0.619. The number of hydrogen-bond acceptors (Lipinski definition) is 3. The maximum absolute atomic E-state index is 10.7. The Morgan fingerprint density at radius 3 is 2.70 bits per heavy atom. The summed E-state index contributed by atoms with van der Waals surface area (Å²) >= 11 is 1.38. The number of carboxylic acid groups (broad SMARTS) is 1. The van der Waals surface area contributed by atoms with Crippen LogP contribution in [0.2, 0.25) is 0 Å². The van der Waals surface area contributed by atoms with Gasteiger partial charge in [0.25, 0.3) is 0 Å². The van der Waals surface area contributed by atoms with Crippen LogP contribution in [0.4, 0.5) is 0 Å². The van der Waals surface area contributed by atoms with Gasteiger partial charge in [-0.25, -0.2) is 4.79 Å². The first-order valence-electron chi connectivity index (χ1n) is 3.25. The van der Waals surface area contributed by atoms with Crippen molar-refractivity contribution in [2.45, 2.75) is 17.7 Å². The summed E-state index contributed by atoms with van der Waals surface area (Å²) in [7, 11) is 0. The van der Waals surface area contributed by atoms with Crippen LogP contribution >= 0.6 is 11.8 Å². The van der Waals surface area contributed by atoms with Crippen molar-refractivity contribution in [3.05, 3.63) is 0 Å². The normalized spacial score (nSPS) is 32.5. The Balaban J connectivity index is 2.67. The summed E-state index contributed by atoms with van der Waals surface area (Å²) < 4.78 is 0. The van der Waals surface area contributed by atoms with Crippen molar-refractivity contribution in [1.29, 1.82) is 0 Å². The lowest BCUT2D eigenvalue weighted by atomic mass is 10.2. The fourth-order valence-corrected chi connectivity index (χ4v) is 1.93. The van der Waals surface area contributed by atoms with Gasteiger partial charge < -0.3 is 5.11 Å². The van der Waals surface area contributed by atoms with Gasteiger partial charge in [-0.2, -0.15) is 0 Å². The summed E-state index contributed by atoms with van der Waals surface area (Å²) in [6.07, 6.45) is 3.53. The molecule has 1 saturated heterocycles. The molecule has 0 amide bonds. The van der Waals surface area contributed by atoms with E-state index in [0.717, 1.165) is 19.4 Å². The van der Waals surface area contributed by atoms with Crippen LogP contribution < -0.4 is 5.32 Å². The van der Waals surface area contributed by atoms with Crippen molar-refractivity contribution in [3.8, 4) is 0 Å². The second kappa shape index (κ2) is 2.80. The molecule has 3 nitrogen and oxygen atoms in total. The maximum atomic E-state index is 10.7. The Morgan fingerprint density at radius 1 is 1.80 bits per heavy atom. The Bertz CT molecular complexity index is 143. The van der Waals surface area contributed by atoms with Gasteiger partial charge >= 0.3 is 5.97 Å². The topological polar surface area (TPSA) is 49.3 Å². The summed E-state index contributed by atoms with van der Waals surface area (Å²) in [5, 5.41) is 11.8. The molecule has 2 N–H and O–H groups in total. The molecule has 0 radical (unpaired) electrons. The zero-order chi connectivity index (χ0) is 7.61. The molecule has 0 aliphatic carbocycles. The Morgan fingerprint density at radius 2 is 2.50 bits per heavy atom. The van der Waals surface area contributed by atoms with E-state index in [0.29, 0.717) is 0 Å². The van der Waals surface area contributed by atoms with Crippen molar-refractivity contribution in [1.82, 2.24) is 5.32 Å². The fraction of sp³-hybridized carbons (Fsp3) is 0.833. The van der Waals surface area contributed by atoms with E-state index in [1.807, 2.05) is 6.26 Å². The SMILES string of the molecule is CSC1(C(=O)O)CCCN1. The van der Waals surface area contributed by atoms with Gasteiger partial charge in [0.1, 0.15) is 0 Å². The van der Waals surface area contributed by atoms with Gasteiger partial charge in [0, 0.05) is 0 Å². The summed E-state index contributed by atoms with van der Waals surface area (Å²) in [5.74, 6) is -0.738. The molecule has 58 valence electrons. The lowest BCUT2D eigenvalue weighted by molar-refractivity contribution is -0.140. The van der Waals surface area contributed by atoms with E-state index in [4.69, 9.17) is 5.11 Å². The zero-order valence-electron chi connectivity index (χ0n) is 5.89. The molecule has 1 heterocycles. The highest BCUT2D eigenvalue weighted by Crippen LogP contribution is 2.29. The highest BCUT2D eigenvalue weighted by atomic mass is 32.2. The largest absolute Gasteiger partial charge is 0.479 e. The molecular formula is C6H11NO2S. The number of hydrogen-bond donors (Lipinski definition) is 2. The van der Waals surface area contributed by atoms with Crippen molar-refractivity contribution >= 4 is 17.7 Å². The molecule has 0 bridgehead atoms. The van der Waals surface area contributed by atoms with Crippen molar-refractivity contribution in [2.24, 2.45) is 0 Å². The molecule has 10 heavy (non-hydrogen) atoms. The van der Waals surface area contributed by atoms with Crippen LogP contribution in [0.1, 0.15) is 12.8 Å². The molecule has 1 unspecified atom stereocenters. The van der Waals surface area contributed by atoms with Gasteiger partial charge in [-0.3, -0.25) is 5.32 Å². The van der Waals surface area contributed by atoms with Crippen LogP contribution in [0.25, 0.3) is 0 Å². The van der Waals surface area contributed by atoms with Crippen LogP contribution in [-0.4, -0.2) is 28.7 Å². The molecule has 1 atom stereocenters. The molecule has 1 fully saturated rings. The van der Waals surface area contributed by atoms with Gasteiger partial charge in [0.2, 0.25) is 0 Å². The number of aliphatic carboxylic acids is 1. The molecule has 0 aromatic carbocycles. The molecule has 1 aliphatic heterocycles. The van der Waals surface area contributed by atoms with Crippen LogP contribution in [0, 0.1) is 0 Å². The summed E-state index contributed by atoms with van der Waals surface area (Å²) in [6.45, 7) is 0.827. The van der Waals surface area contributed by atoms with Gasteiger partial charge in [0.05, 0.1) is 0 Å². The number of thioether (sulfide) groups is 1. The third-order valence-electron chi connectivity index (χ3n) is 1.81. The van der Waals surface area contributed by atoms with E-state index in [1.54, 1.807) is 0 Å². The fourth-order valence-electron chi connectivity index (χ4n) is 1.16. The number of nitrogens with one attached hydrogen (secondary N) is 1. The van der Waals surface area contributed by atoms with Crippen LogP contribution in [0.5, 0.6) is 0 Å². The van der Waals surface area contributed by atoms with Gasteiger partial charge in [0.15, 0.2) is 4.87 Å². The standard InChI is InChI=1S/C6H11NO2S/c1-10-6(5(8)9)3-2-4-7-6/h7H,2-4H2,1H3,(H,8,9). The second-order valence-electron chi connectivity index (χ2n) is 2.37. The van der Waals surface area contributed by atoms with E-state index >= 15 is 0 Å². The van der Waals surface area contributed by atoms with Gasteiger partial charge in [-0.1, -0.05) is 0 Å². The van der Waals surface area contributed by atoms with Crippen LogP contribution in [0.15, 0.2) is 0 Å². The monoisotopic (exact) mass is 161 g/mol. The Kier molecular flexibility index (Phi) is 2.21. The molecule has 0 aromatic rings. The molecular weight excluding hydrogens is 150 g/mol. The molecule has 0 spiro atoms. The van der Waals surface area contributed by atoms with E-state index in [9.17, 15) is 4.79 Å². The number of carboxylic acids is 1. The lowest BCUT2D eigenvalue weighted by Crippen LogP contribution is -2.43. The number of carbonyl (C=O) groups is 1. The zero-order valence-corrected chi connectivity index (χ0v) is 6.70. The Labute approximate surface area is 64.2 Å². The molecule has 4 heteroatoms. The predicted molar refractivity (Wildman–Crippen MR) is 41.1 cm³/mol. The van der Waals surface area contributed by atoms with Crippen molar-refractivity contribution in [2.75, 3.05) is 12.8 Å². The summed E-state index contributed by atoms with van der Waals surface area (Å²) in [4.78, 5) is 9.99. The van der Waals surface area contributed by atoms with Gasteiger partial charge in [-0.15, -0.1) is 11.8 Å². The average Bonchev–Trinajstić information content (AvgIpc) is 2.35. The van der Waals surface area contributed by atoms with E-state index in [1.165, 1.54) is 11.8 Å². The first-order chi connectivity index (χ1) is 4.71.